The maximum absolute atomic E-state index is 11.8. The van der Waals surface area contributed by atoms with Crippen LogP contribution in [-0.2, 0) is 24.4 Å². The molecule has 6 nitrogen and oxygen atoms in total. The quantitative estimate of drug-likeness (QED) is 0.406. The van der Waals surface area contributed by atoms with Crippen molar-refractivity contribution in [3.63, 3.8) is 0 Å². The van der Waals surface area contributed by atoms with Crippen LogP contribution < -0.4 is 16.0 Å². The van der Waals surface area contributed by atoms with Gasteiger partial charge in [0.2, 0.25) is 5.91 Å². The van der Waals surface area contributed by atoms with Gasteiger partial charge >= 0.3 is 0 Å². The Morgan fingerprint density at radius 1 is 0.938 bits per heavy atom. The number of likely N-dealkylation sites (tertiary alicyclic amines) is 1. The Labute approximate surface area is 192 Å². The maximum Gasteiger partial charge on any atom is 0.224 e. The van der Waals surface area contributed by atoms with Gasteiger partial charge in [-0.1, -0.05) is 49.7 Å². The fourth-order valence-electron chi connectivity index (χ4n) is 3.94. The molecule has 1 saturated heterocycles. The number of nitrogens with one attached hydrogen (secondary N) is 3. The van der Waals surface area contributed by atoms with Crippen molar-refractivity contribution in [2.24, 2.45) is 4.99 Å². The van der Waals surface area contributed by atoms with E-state index in [9.17, 15) is 4.79 Å². The first-order chi connectivity index (χ1) is 15.7. The lowest BCUT2D eigenvalue weighted by Gasteiger charge is -2.26. The average Bonchev–Trinajstić information content (AvgIpc) is 2.81. The lowest BCUT2D eigenvalue weighted by Crippen LogP contribution is -2.36. The molecule has 1 fully saturated rings. The maximum atomic E-state index is 11.8. The molecule has 172 valence electrons. The summed E-state index contributed by atoms with van der Waals surface area (Å²) in [5.74, 6) is 0.805. The molecular weight excluding hydrogens is 398 g/mol. The van der Waals surface area contributed by atoms with E-state index in [-0.39, 0.29) is 5.91 Å². The third-order valence-electron chi connectivity index (χ3n) is 5.71. The van der Waals surface area contributed by atoms with E-state index in [1.165, 1.54) is 43.5 Å². The zero-order valence-electron chi connectivity index (χ0n) is 19.5. The van der Waals surface area contributed by atoms with Crippen LogP contribution in [0.15, 0.2) is 53.5 Å². The standard InChI is InChI=1S/C26H37N5O/c1-3-8-25(32)30-24-10-7-9-23(17-24)19-29-26(27-2)28-18-21-11-13-22(14-12-21)20-31-15-5-4-6-16-31/h7,9-14,17H,3-6,8,15-16,18-20H2,1-2H3,(H,30,32)(H2,27,28,29). The molecular formula is C26H37N5O. The van der Waals surface area contributed by atoms with Gasteiger partial charge in [-0.2, -0.15) is 0 Å². The van der Waals surface area contributed by atoms with Gasteiger partial charge in [-0.15, -0.1) is 0 Å². The van der Waals surface area contributed by atoms with Crippen LogP contribution in [0.25, 0.3) is 0 Å². The molecule has 0 saturated carbocycles. The summed E-state index contributed by atoms with van der Waals surface area (Å²) >= 11 is 0. The molecule has 3 rings (SSSR count). The molecule has 2 aromatic carbocycles. The predicted molar refractivity (Wildman–Crippen MR) is 133 cm³/mol. The third kappa shape index (κ3) is 8.00. The molecule has 0 spiro atoms. The largest absolute Gasteiger partial charge is 0.352 e. The first-order valence-electron chi connectivity index (χ1n) is 11.8. The molecule has 32 heavy (non-hydrogen) atoms. The minimum absolute atomic E-state index is 0.0528. The molecule has 0 bridgehead atoms. The molecule has 1 amide bonds. The van der Waals surface area contributed by atoms with E-state index in [0.29, 0.717) is 13.0 Å². The Balaban J connectivity index is 1.44. The summed E-state index contributed by atoms with van der Waals surface area (Å²) in [6.07, 6.45) is 5.41. The van der Waals surface area contributed by atoms with Crippen molar-refractivity contribution in [1.29, 1.82) is 0 Å². The lowest BCUT2D eigenvalue weighted by atomic mass is 10.1. The third-order valence-corrected chi connectivity index (χ3v) is 5.71. The van der Waals surface area contributed by atoms with E-state index in [1.54, 1.807) is 7.05 Å². The minimum atomic E-state index is 0.0528. The zero-order valence-corrected chi connectivity index (χ0v) is 19.5. The summed E-state index contributed by atoms with van der Waals surface area (Å²) in [6, 6.07) is 16.8. The molecule has 0 unspecified atom stereocenters. The highest BCUT2D eigenvalue weighted by Gasteiger charge is 2.10. The van der Waals surface area contributed by atoms with Crippen molar-refractivity contribution in [3.8, 4) is 0 Å². The number of aliphatic imine (C=N–C) groups is 1. The van der Waals surface area contributed by atoms with Gasteiger partial charge in [0.15, 0.2) is 5.96 Å². The Hall–Kier alpha value is -2.86. The van der Waals surface area contributed by atoms with Crippen LogP contribution in [0.4, 0.5) is 5.69 Å². The van der Waals surface area contributed by atoms with Gasteiger partial charge in [0.05, 0.1) is 0 Å². The second kappa shape index (κ2) is 12.9. The molecule has 0 radical (unpaired) electrons. The van der Waals surface area contributed by atoms with E-state index >= 15 is 0 Å². The molecule has 1 aliphatic heterocycles. The average molecular weight is 436 g/mol. The number of carbonyl (C=O) groups excluding carboxylic acids is 1. The highest BCUT2D eigenvalue weighted by atomic mass is 16.1. The molecule has 2 aromatic rings. The number of piperidine rings is 1. The van der Waals surface area contributed by atoms with E-state index < -0.39 is 0 Å². The van der Waals surface area contributed by atoms with Gasteiger partial charge in [-0.3, -0.25) is 14.7 Å². The van der Waals surface area contributed by atoms with Gasteiger partial charge < -0.3 is 16.0 Å². The summed E-state index contributed by atoms with van der Waals surface area (Å²) < 4.78 is 0. The number of guanidine groups is 1. The van der Waals surface area contributed by atoms with Crippen molar-refractivity contribution >= 4 is 17.6 Å². The second-order valence-electron chi connectivity index (χ2n) is 8.43. The topological polar surface area (TPSA) is 68.8 Å². The van der Waals surface area contributed by atoms with Crippen LogP contribution >= 0.6 is 0 Å². The number of anilines is 1. The molecule has 1 aliphatic rings. The van der Waals surface area contributed by atoms with E-state index in [4.69, 9.17) is 0 Å². The lowest BCUT2D eigenvalue weighted by molar-refractivity contribution is -0.116. The van der Waals surface area contributed by atoms with Crippen LogP contribution in [0.3, 0.4) is 0 Å². The Bertz CT molecular complexity index is 872. The SMILES string of the molecule is CCCC(=O)Nc1cccc(CNC(=NC)NCc2ccc(CN3CCCCC3)cc2)c1. The van der Waals surface area contributed by atoms with E-state index in [0.717, 1.165) is 36.7 Å². The second-order valence-corrected chi connectivity index (χ2v) is 8.43. The van der Waals surface area contributed by atoms with Crippen LogP contribution in [0, 0.1) is 0 Å². The monoisotopic (exact) mass is 435 g/mol. The molecule has 0 aliphatic carbocycles. The number of amides is 1. The van der Waals surface area contributed by atoms with Crippen molar-refractivity contribution in [2.45, 2.75) is 58.7 Å². The Kier molecular flexibility index (Phi) is 9.57. The molecule has 0 atom stereocenters. The van der Waals surface area contributed by atoms with Crippen LogP contribution in [0.5, 0.6) is 0 Å². The van der Waals surface area contributed by atoms with E-state index in [2.05, 4.69) is 50.1 Å². The zero-order chi connectivity index (χ0) is 22.6. The number of rotatable bonds is 9. The highest BCUT2D eigenvalue weighted by molar-refractivity contribution is 5.90. The Morgan fingerprint density at radius 2 is 1.62 bits per heavy atom. The normalized spacial score (nSPS) is 14.8. The number of nitrogens with zero attached hydrogens (tertiary/aromatic N) is 2. The summed E-state index contributed by atoms with van der Waals surface area (Å²) in [6.45, 7) is 6.85. The Morgan fingerprint density at radius 3 is 2.31 bits per heavy atom. The van der Waals surface area contributed by atoms with Crippen LogP contribution in [0.2, 0.25) is 0 Å². The summed E-state index contributed by atoms with van der Waals surface area (Å²) in [5, 5.41) is 9.67. The fraction of sp³-hybridized carbons (Fsp3) is 0.462. The molecule has 6 heteroatoms. The van der Waals surface area contributed by atoms with E-state index in [1.807, 2.05) is 31.2 Å². The smallest absolute Gasteiger partial charge is 0.224 e. The van der Waals surface area contributed by atoms with Gasteiger partial charge in [-0.05, 0) is 61.2 Å². The van der Waals surface area contributed by atoms with Gasteiger partial charge in [0.1, 0.15) is 0 Å². The number of carbonyl (C=O) groups is 1. The van der Waals surface area contributed by atoms with Gasteiger partial charge in [-0.25, -0.2) is 0 Å². The van der Waals surface area contributed by atoms with Crippen molar-refractivity contribution in [2.75, 3.05) is 25.5 Å². The minimum Gasteiger partial charge on any atom is -0.352 e. The first-order valence-corrected chi connectivity index (χ1v) is 11.8. The summed E-state index contributed by atoms with van der Waals surface area (Å²) in [7, 11) is 1.78. The number of benzene rings is 2. The van der Waals surface area contributed by atoms with Crippen molar-refractivity contribution < 1.29 is 4.79 Å². The van der Waals surface area contributed by atoms with Crippen molar-refractivity contribution in [1.82, 2.24) is 15.5 Å². The molecule has 0 aromatic heterocycles. The van der Waals surface area contributed by atoms with Gasteiger partial charge in [0.25, 0.3) is 0 Å². The summed E-state index contributed by atoms with van der Waals surface area (Å²) in [5.41, 5.74) is 4.53. The van der Waals surface area contributed by atoms with Crippen LogP contribution in [0.1, 0.15) is 55.7 Å². The summed E-state index contributed by atoms with van der Waals surface area (Å²) in [4.78, 5) is 18.7. The highest BCUT2D eigenvalue weighted by Crippen LogP contribution is 2.14. The number of hydrogen-bond donors (Lipinski definition) is 3. The first kappa shape index (κ1) is 23.8. The number of hydrogen-bond acceptors (Lipinski definition) is 3. The predicted octanol–water partition coefficient (Wildman–Crippen LogP) is 4.28. The fourth-order valence-corrected chi connectivity index (χ4v) is 3.94. The van der Waals surface area contributed by atoms with Crippen molar-refractivity contribution in [3.05, 3.63) is 65.2 Å². The van der Waals surface area contributed by atoms with Gasteiger partial charge in [0, 0.05) is 38.8 Å². The molecule has 1 heterocycles. The molecule has 3 N–H and O–H groups in total. The van der Waals surface area contributed by atoms with Crippen LogP contribution in [-0.4, -0.2) is 36.9 Å².